The summed E-state index contributed by atoms with van der Waals surface area (Å²) >= 11 is 0. The quantitative estimate of drug-likeness (QED) is 0.940. The summed E-state index contributed by atoms with van der Waals surface area (Å²) in [5.41, 5.74) is 6.82. The van der Waals surface area contributed by atoms with Gasteiger partial charge in [0.25, 0.3) is 0 Å². The summed E-state index contributed by atoms with van der Waals surface area (Å²) in [4.78, 5) is 14.7. The van der Waals surface area contributed by atoms with E-state index in [9.17, 15) is 4.79 Å². The molecule has 1 fully saturated rings. The molecule has 118 valence electrons. The lowest BCUT2D eigenvalue weighted by Crippen LogP contribution is -2.37. The monoisotopic (exact) mass is 300 g/mol. The Morgan fingerprint density at radius 1 is 1.41 bits per heavy atom. The van der Waals surface area contributed by atoms with Gasteiger partial charge in [-0.2, -0.15) is 0 Å². The predicted molar refractivity (Wildman–Crippen MR) is 87.3 cm³/mol. The molecule has 3 unspecified atom stereocenters. The second kappa shape index (κ2) is 6.13. The van der Waals surface area contributed by atoms with Gasteiger partial charge in [0.15, 0.2) is 0 Å². The largest absolute Gasteiger partial charge is 0.459 e. The molecule has 2 N–H and O–H groups in total. The first kappa shape index (κ1) is 15.1. The van der Waals surface area contributed by atoms with E-state index in [0.29, 0.717) is 6.54 Å². The van der Waals surface area contributed by atoms with Gasteiger partial charge in [-0.25, -0.2) is 0 Å². The number of hydrogen-bond donors (Lipinski definition) is 1. The van der Waals surface area contributed by atoms with Gasteiger partial charge in [-0.05, 0) is 45.2 Å². The Morgan fingerprint density at radius 2 is 2.18 bits per heavy atom. The highest BCUT2D eigenvalue weighted by Gasteiger charge is 2.33. The van der Waals surface area contributed by atoms with Crippen LogP contribution in [0.2, 0.25) is 0 Å². The lowest BCUT2D eigenvalue weighted by atomic mass is 10.0. The third-order valence-corrected chi connectivity index (χ3v) is 4.77. The van der Waals surface area contributed by atoms with Crippen LogP contribution in [0.15, 0.2) is 34.7 Å². The molecule has 4 nitrogen and oxygen atoms in total. The molecule has 1 heterocycles. The van der Waals surface area contributed by atoms with E-state index >= 15 is 0 Å². The van der Waals surface area contributed by atoms with Gasteiger partial charge in [0, 0.05) is 23.9 Å². The highest BCUT2D eigenvalue weighted by atomic mass is 16.3. The van der Waals surface area contributed by atoms with E-state index < -0.39 is 0 Å². The fraction of sp³-hybridized carbons (Fsp3) is 0.500. The molecule has 1 saturated carbocycles. The summed E-state index contributed by atoms with van der Waals surface area (Å²) in [6.07, 6.45) is 2.67. The number of rotatable bonds is 4. The molecule has 3 atom stereocenters. The number of fused-ring (bicyclic) bond motifs is 1. The zero-order valence-corrected chi connectivity index (χ0v) is 13.3. The van der Waals surface area contributed by atoms with E-state index in [2.05, 4.69) is 0 Å². The third-order valence-electron chi connectivity index (χ3n) is 4.77. The van der Waals surface area contributed by atoms with E-state index in [1.54, 1.807) is 0 Å². The Morgan fingerprint density at radius 3 is 2.82 bits per heavy atom. The van der Waals surface area contributed by atoms with E-state index in [4.69, 9.17) is 10.2 Å². The lowest BCUT2D eigenvalue weighted by Gasteiger charge is -2.29. The van der Waals surface area contributed by atoms with Crippen LogP contribution in [0.1, 0.15) is 44.9 Å². The molecule has 2 aromatic rings. The molecule has 1 aliphatic rings. The van der Waals surface area contributed by atoms with Crippen molar-refractivity contribution in [3.8, 4) is 0 Å². The van der Waals surface area contributed by atoms with Crippen molar-refractivity contribution in [2.75, 3.05) is 6.54 Å². The SMILES string of the molecule is CCN(C(=O)C1CCC(N)C1)C(C)c1cc2ccccc2o1. The van der Waals surface area contributed by atoms with Gasteiger partial charge >= 0.3 is 0 Å². The van der Waals surface area contributed by atoms with E-state index in [0.717, 1.165) is 36.0 Å². The Hall–Kier alpha value is -1.81. The van der Waals surface area contributed by atoms with Crippen molar-refractivity contribution in [1.82, 2.24) is 4.90 Å². The van der Waals surface area contributed by atoms with Crippen LogP contribution in [0.5, 0.6) is 0 Å². The van der Waals surface area contributed by atoms with Gasteiger partial charge in [0.05, 0.1) is 6.04 Å². The normalized spacial score (nSPS) is 22.9. The fourth-order valence-electron chi connectivity index (χ4n) is 3.46. The molecule has 0 aliphatic heterocycles. The van der Waals surface area contributed by atoms with Crippen LogP contribution < -0.4 is 5.73 Å². The van der Waals surface area contributed by atoms with Gasteiger partial charge in [-0.15, -0.1) is 0 Å². The van der Waals surface area contributed by atoms with Gasteiger partial charge in [0.1, 0.15) is 11.3 Å². The van der Waals surface area contributed by atoms with E-state index in [1.807, 2.05) is 49.1 Å². The number of nitrogens with zero attached hydrogens (tertiary/aromatic N) is 1. The number of carbonyl (C=O) groups excluding carboxylic acids is 1. The Bertz CT molecular complexity index is 631. The molecule has 0 bridgehead atoms. The molecule has 1 aromatic heterocycles. The summed E-state index contributed by atoms with van der Waals surface area (Å²) in [7, 11) is 0. The number of hydrogen-bond acceptors (Lipinski definition) is 3. The second-order valence-corrected chi connectivity index (χ2v) is 6.26. The van der Waals surface area contributed by atoms with E-state index in [-0.39, 0.29) is 23.9 Å². The van der Waals surface area contributed by atoms with Crippen LogP contribution in [0.4, 0.5) is 0 Å². The minimum Gasteiger partial charge on any atom is -0.459 e. The molecular formula is C18H24N2O2. The summed E-state index contributed by atoms with van der Waals surface area (Å²) in [6.45, 7) is 4.74. The summed E-state index contributed by atoms with van der Waals surface area (Å²) in [5.74, 6) is 1.13. The second-order valence-electron chi connectivity index (χ2n) is 6.26. The molecule has 1 aromatic carbocycles. The highest BCUT2D eigenvalue weighted by molar-refractivity contribution is 5.81. The van der Waals surface area contributed by atoms with Crippen molar-refractivity contribution in [2.24, 2.45) is 11.7 Å². The number of carbonyl (C=O) groups is 1. The van der Waals surface area contributed by atoms with Crippen molar-refractivity contribution in [3.05, 3.63) is 36.1 Å². The molecule has 4 heteroatoms. The van der Waals surface area contributed by atoms with Gasteiger partial charge in [0.2, 0.25) is 5.91 Å². The van der Waals surface area contributed by atoms with Crippen LogP contribution >= 0.6 is 0 Å². The van der Waals surface area contributed by atoms with Crippen LogP contribution in [-0.4, -0.2) is 23.4 Å². The summed E-state index contributed by atoms with van der Waals surface area (Å²) in [6, 6.07) is 10.1. The Kier molecular flexibility index (Phi) is 4.21. The third kappa shape index (κ3) is 2.75. The zero-order chi connectivity index (χ0) is 15.7. The van der Waals surface area contributed by atoms with Crippen LogP contribution in [0, 0.1) is 5.92 Å². The van der Waals surface area contributed by atoms with Crippen molar-refractivity contribution >= 4 is 16.9 Å². The molecule has 0 saturated heterocycles. The average Bonchev–Trinajstić information content (AvgIpc) is 3.13. The molecular weight excluding hydrogens is 276 g/mol. The van der Waals surface area contributed by atoms with Crippen LogP contribution in [0.3, 0.4) is 0 Å². The number of para-hydroxylation sites is 1. The van der Waals surface area contributed by atoms with E-state index in [1.165, 1.54) is 0 Å². The van der Waals surface area contributed by atoms with Crippen LogP contribution in [-0.2, 0) is 4.79 Å². The Balaban J connectivity index is 1.81. The maximum Gasteiger partial charge on any atom is 0.226 e. The standard InChI is InChI=1S/C18H24N2O2/c1-3-20(18(21)14-8-9-15(19)10-14)12(2)17-11-13-6-4-5-7-16(13)22-17/h4-7,11-12,14-15H,3,8-10,19H2,1-2H3. The first-order valence-corrected chi connectivity index (χ1v) is 8.14. The van der Waals surface area contributed by atoms with Crippen molar-refractivity contribution in [3.63, 3.8) is 0 Å². The van der Waals surface area contributed by atoms with Crippen molar-refractivity contribution in [1.29, 1.82) is 0 Å². The lowest BCUT2D eigenvalue weighted by molar-refractivity contribution is -0.137. The highest BCUT2D eigenvalue weighted by Crippen LogP contribution is 2.31. The van der Waals surface area contributed by atoms with Crippen molar-refractivity contribution < 1.29 is 9.21 Å². The smallest absolute Gasteiger partial charge is 0.226 e. The topological polar surface area (TPSA) is 59.5 Å². The number of nitrogens with two attached hydrogens (primary N) is 1. The van der Waals surface area contributed by atoms with Crippen LogP contribution in [0.25, 0.3) is 11.0 Å². The zero-order valence-electron chi connectivity index (χ0n) is 13.3. The predicted octanol–water partition coefficient (Wildman–Crippen LogP) is 3.47. The maximum atomic E-state index is 12.8. The minimum atomic E-state index is -0.0540. The summed E-state index contributed by atoms with van der Waals surface area (Å²) in [5, 5.41) is 1.08. The van der Waals surface area contributed by atoms with Gasteiger partial charge < -0.3 is 15.1 Å². The first-order chi connectivity index (χ1) is 10.6. The molecule has 22 heavy (non-hydrogen) atoms. The first-order valence-electron chi connectivity index (χ1n) is 8.14. The molecule has 1 amide bonds. The molecule has 0 radical (unpaired) electrons. The number of furan rings is 1. The molecule has 1 aliphatic carbocycles. The fourth-order valence-corrected chi connectivity index (χ4v) is 3.46. The van der Waals surface area contributed by atoms with Gasteiger partial charge in [-0.3, -0.25) is 4.79 Å². The average molecular weight is 300 g/mol. The number of amides is 1. The van der Waals surface area contributed by atoms with Crippen molar-refractivity contribution in [2.45, 2.75) is 45.2 Å². The summed E-state index contributed by atoms with van der Waals surface area (Å²) < 4.78 is 5.93. The minimum absolute atomic E-state index is 0.0540. The molecule has 0 spiro atoms. The molecule has 3 rings (SSSR count). The maximum absolute atomic E-state index is 12.8. The number of benzene rings is 1. The Labute approximate surface area is 131 Å². The van der Waals surface area contributed by atoms with Gasteiger partial charge in [-0.1, -0.05) is 18.2 Å².